The molecule has 1 nitrogen and oxygen atoms in total. The monoisotopic (exact) mass is 359 g/mol. The molecule has 0 aromatic heterocycles. The molecule has 26 heavy (non-hydrogen) atoms. The third kappa shape index (κ3) is 6.90. The van der Waals surface area contributed by atoms with E-state index in [0.717, 1.165) is 17.8 Å². The Morgan fingerprint density at radius 3 is 2.19 bits per heavy atom. The van der Waals surface area contributed by atoms with E-state index in [4.69, 9.17) is 0 Å². The van der Waals surface area contributed by atoms with Gasteiger partial charge in [0.2, 0.25) is 0 Å². The van der Waals surface area contributed by atoms with Crippen LogP contribution in [0.4, 0.5) is 0 Å². The zero-order valence-electron chi connectivity index (χ0n) is 17.9. The summed E-state index contributed by atoms with van der Waals surface area (Å²) < 4.78 is 0. The average Bonchev–Trinajstić information content (AvgIpc) is 2.67. The number of hydrogen-bond acceptors (Lipinski definition) is 1. The van der Waals surface area contributed by atoms with Crippen LogP contribution in [0, 0.1) is 34.5 Å². The quantitative estimate of drug-likeness (QED) is 0.321. The van der Waals surface area contributed by atoms with Crippen molar-refractivity contribution in [2.45, 2.75) is 129 Å². The van der Waals surface area contributed by atoms with E-state index in [1.807, 2.05) is 0 Å². The van der Waals surface area contributed by atoms with Gasteiger partial charge in [0, 0.05) is 0 Å². The molecule has 0 aliphatic heterocycles. The molecule has 2 fully saturated rings. The molecule has 2 aliphatic rings. The number of unbranched alkanes of at least 4 members (excludes halogenated alkanes) is 8. The second kappa shape index (κ2) is 12.0. The summed E-state index contributed by atoms with van der Waals surface area (Å²) >= 11 is 0. The zero-order chi connectivity index (χ0) is 18.7. The van der Waals surface area contributed by atoms with E-state index in [9.17, 15) is 5.26 Å². The van der Waals surface area contributed by atoms with Crippen molar-refractivity contribution in [1.29, 1.82) is 5.26 Å². The van der Waals surface area contributed by atoms with Gasteiger partial charge >= 0.3 is 0 Å². The SMILES string of the molecule is CCCCCCCC1CCC2CC(C#N)(CCCCCCC)CCC2C1. The van der Waals surface area contributed by atoms with Crippen LogP contribution in [0.25, 0.3) is 0 Å². The maximum absolute atomic E-state index is 9.92. The fourth-order valence-electron chi connectivity index (χ4n) is 5.86. The summed E-state index contributed by atoms with van der Waals surface area (Å²) in [5.74, 6) is 2.82. The first-order chi connectivity index (χ1) is 12.7. The molecule has 0 amide bonds. The van der Waals surface area contributed by atoms with Crippen LogP contribution < -0.4 is 0 Å². The molecule has 4 atom stereocenters. The molecule has 1 heteroatoms. The Labute approximate surface area is 164 Å². The van der Waals surface area contributed by atoms with Crippen molar-refractivity contribution in [3.8, 4) is 6.07 Å². The number of hydrogen-bond donors (Lipinski definition) is 0. The highest BCUT2D eigenvalue weighted by Crippen LogP contribution is 2.51. The van der Waals surface area contributed by atoms with Crippen LogP contribution in [-0.2, 0) is 0 Å². The Balaban J connectivity index is 1.70. The van der Waals surface area contributed by atoms with Crippen molar-refractivity contribution >= 4 is 0 Å². The van der Waals surface area contributed by atoms with Gasteiger partial charge in [0.05, 0.1) is 11.5 Å². The Morgan fingerprint density at radius 1 is 0.808 bits per heavy atom. The minimum absolute atomic E-state index is 0.0420. The lowest BCUT2D eigenvalue weighted by Crippen LogP contribution is -2.36. The second-order valence-electron chi connectivity index (χ2n) is 9.70. The molecule has 4 unspecified atom stereocenters. The molecule has 0 N–H and O–H groups in total. The first-order valence-electron chi connectivity index (χ1n) is 12.1. The van der Waals surface area contributed by atoms with Crippen molar-refractivity contribution in [2.75, 3.05) is 0 Å². The predicted molar refractivity (Wildman–Crippen MR) is 113 cm³/mol. The van der Waals surface area contributed by atoms with Crippen molar-refractivity contribution in [3.63, 3.8) is 0 Å². The highest BCUT2D eigenvalue weighted by Gasteiger charge is 2.42. The van der Waals surface area contributed by atoms with E-state index >= 15 is 0 Å². The molecule has 0 bridgehead atoms. The molecular weight excluding hydrogens is 314 g/mol. The lowest BCUT2D eigenvalue weighted by atomic mass is 9.58. The largest absolute Gasteiger partial charge is 0.198 e. The Morgan fingerprint density at radius 2 is 1.50 bits per heavy atom. The minimum atomic E-state index is 0.0420. The van der Waals surface area contributed by atoms with E-state index in [2.05, 4.69) is 19.9 Å². The smallest absolute Gasteiger partial charge is 0.0689 e. The predicted octanol–water partition coefficient (Wildman–Crippen LogP) is 8.43. The number of nitrogens with zero attached hydrogens (tertiary/aromatic N) is 1. The third-order valence-corrected chi connectivity index (χ3v) is 7.61. The summed E-state index contributed by atoms with van der Waals surface area (Å²) in [6.07, 6.45) is 24.6. The van der Waals surface area contributed by atoms with Gasteiger partial charge in [0.25, 0.3) is 0 Å². The summed E-state index contributed by atoms with van der Waals surface area (Å²) in [5.41, 5.74) is 0.0420. The summed E-state index contributed by atoms with van der Waals surface area (Å²) in [5, 5.41) is 9.92. The summed E-state index contributed by atoms with van der Waals surface area (Å²) in [4.78, 5) is 0. The molecule has 0 saturated heterocycles. The number of nitriles is 1. The fourth-order valence-corrected chi connectivity index (χ4v) is 5.86. The van der Waals surface area contributed by atoms with Gasteiger partial charge in [-0.05, 0) is 56.3 Å². The van der Waals surface area contributed by atoms with E-state index in [1.54, 1.807) is 0 Å². The summed E-state index contributed by atoms with van der Waals surface area (Å²) in [6.45, 7) is 4.58. The van der Waals surface area contributed by atoms with Gasteiger partial charge in [-0.3, -0.25) is 0 Å². The van der Waals surface area contributed by atoms with Crippen LogP contribution in [0.2, 0.25) is 0 Å². The summed E-state index contributed by atoms with van der Waals surface area (Å²) in [6, 6.07) is 2.81. The molecule has 0 aromatic carbocycles. The maximum atomic E-state index is 9.92. The molecule has 0 spiro atoms. The Hall–Kier alpha value is -0.510. The molecule has 2 rings (SSSR count). The molecule has 0 radical (unpaired) electrons. The Bertz CT molecular complexity index is 409. The molecule has 2 aliphatic carbocycles. The van der Waals surface area contributed by atoms with Gasteiger partial charge in [-0.1, -0.05) is 90.9 Å². The van der Waals surface area contributed by atoms with Crippen LogP contribution in [0.15, 0.2) is 0 Å². The molecule has 150 valence electrons. The molecule has 0 aromatic rings. The normalized spacial score (nSPS) is 31.3. The first kappa shape index (κ1) is 21.8. The molecule has 2 saturated carbocycles. The average molecular weight is 360 g/mol. The van der Waals surface area contributed by atoms with Crippen molar-refractivity contribution in [3.05, 3.63) is 0 Å². The van der Waals surface area contributed by atoms with Gasteiger partial charge in [-0.15, -0.1) is 0 Å². The lowest BCUT2D eigenvalue weighted by molar-refractivity contribution is 0.0615. The second-order valence-corrected chi connectivity index (χ2v) is 9.70. The van der Waals surface area contributed by atoms with Crippen LogP contribution in [0.5, 0.6) is 0 Å². The van der Waals surface area contributed by atoms with E-state index < -0.39 is 0 Å². The fraction of sp³-hybridized carbons (Fsp3) is 0.960. The zero-order valence-corrected chi connectivity index (χ0v) is 17.9. The van der Waals surface area contributed by atoms with Crippen LogP contribution in [-0.4, -0.2) is 0 Å². The summed E-state index contributed by atoms with van der Waals surface area (Å²) in [7, 11) is 0. The highest BCUT2D eigenvalue weighted by atomic mass is 14.5. The third-order valence-electron chi connectivity index (χ3n) is 7.61. The maximum Gasteiger partial charge on any atom is 0.0689 e. The van der Waals surface area contributed by atoms with Gasteiger partial charge in [-0.2, -0.15) is 5.26 Å². The first-order valence-corrected chi connectivity index (χ1v) is 12.1. The van der Waals surface area contributed by atoms with E-state index in [1.165, 1.54) is 116 Å². The van der Waals surface area contributed by atoms with Gasteiger partial charge < -0.3 is 0 Å². The van der Waals surface area contributed by atoms with E-state index in [-0.39, 0.29) is 5.41 Å². The molecule has 0 heterocycles. The minimum Gasteiger partial charge on any atom is -0.198 e. The lowest BCUT2D eigenvalue weighted by Gasteiger charge is -2.45. The van der Waals surface area contributed by atoms with E-state index in [0.29, 0.717) is 0 Å². The van der Waals surface area contributed by atoms with Crippen LogP contribution in [0.3, 0.4) is 0 Å². The van der Waals surface area contributed by atoms with Crippen molar-refractivity contribution in [2.24, 2.45) is 23.2 Å². The van der Waals surface area contributed by atoms with Crippen molar-refractivity contribution in [1.82, 2.24) is 0 Å². The van der Waals surface area contributed by atoms with Crippen molar-refractivity contribution < 1.29 is 0 Å². The molecular formula is C25H45N. The van der Waals surface area contributed by atoms with Gasteiger partial charge in [0.1, 0.15) is 0 Å². The van der Waals surface area contributed by atoms with Gasteiger partial charge in [0.15, 0.2) is 0 Å². The topological polar surface area (TPSA) is 23.8 Å². The number of rotatable bonds is 12. The number of fused-ring (bicyclic) bond motifs is 1. The Kier molecular flexibility index (Phi) is 10.1. The highest BCUT2D eigenvalue weighted by molar-refractivity contribution is 5.04. The van der Waals surface area contributed by atoms with Gasteiger partial charge in [-0.25, -0.2) is 0 Å². The van der Waals surface area contributed by atoms with Crippen LogP contribution in [0.1, 0.15) is 129 Å². The standard InChI is InChI=1S/C25H45N/c1-3-5-7-9-11-13-22-14-15-24-20-25(21-26,18-16-23(24)19-22)17-12-10-8-6-4-2/h22-24H,3-20H2,1-2H3. The van der Waals surface area contributed by atoms with Crippen LogP contribution >= 0.6 is 0 Å².